The largest absolute Gasteiger partial charge is 0.444 e. The van der Waals surface area contributed by atoms with Crippen LogP contribution in [0.1, 0.15) is 49.9 Å². The quantitative estimate of drug-likeness (QED) is 0.857. The van der Waals surface area contributed by atoms with Crippen LogP contribution in [0.5, 0.6) is 0 Å². The van der Waals surface area contributed by atoms with E-state index in [1.54, 1.807) is 20.8 Å². The van der Waals surface area contributed by atoms with E-state index in [2.05, 4.69) is 5.32 Å². The van der Waals surface area contributed by atoms with Gasteiger partial charge in [0.25, 0.3) is 0 Å². The van der Waals surface area contributed by atoms with Gasteiger partial charge in [-0.3, -0.25) is 0 Å². The summed E-state index contributed by atoms with van der Waals surface area (Å²) in [6.45, 7) is 9.44. The van der Waals surface area contributed by atoms with Gasteiger partial charge in [-0.2, -0.15) is 0 Å². The molecule has 1 rings (SSSR count). The van der Waals surface area contributed by atoms with Crippen molar-refractivity contribution in [3.05, 3.63) is 34.9 Å². The molecular formula is C16H23NO3. The number of aryl methyl sites for hydroxylation is 2. The highest BCUT2D eigenvalue weighted by Gasteiger charge is 2.20. The van der Waals surface area contributed by atoms with Crippen molar-refractivity contribution in [2.24, 2.45) is 0 Å². The van der Waals surface area contributed by atoms with Crippen LogP contribution in [0, 0.1) is 13.8 Å². The Kier molecular flexibility index (Phi) is 5.31. The molecule has 0 aromatic heterocycles. The lowest BCUT2D eigenvalue weighted by Gasteiger charge is -2.23. The van der Waals surface area contributed by atoms with Gasteiger partial charge in [-0.25, -0.2) is 4.79 Å². The monoisotopic (exact) mass is 277 g/mol. The maximum absolute atomic E-state index is 11.8. The molecule has 0 fully saturated rings. The highest BCUT2D eigenvalue weighted by Crippen LogP contribution is 2.20. The molecule has 0 aliphatic carbocycles. The van der Waals surface area contributed by atoms with Gasteiger partial charge in [-0.15, -0.1) is 0 Å². The van der Waals surface area contributed by atoms with Crippen LogP contribution in [0.2, 0.25) is 0 Å². The molecule has 1 aromatic rings. The van der Waals surface area contributed by atoms with Crippen LogP contribution >= 0.6 is 0 Å². The first kappa shape index (κ1) is 16.2. The number of alkyl carbamates (subject to hydrolysis) is 1. The second kappa shape index (κ2) is 6.55. The molecule has 1 amide bonds. The highest BCUT2D eigenvalue weighted by molar-refractivity contribution is 5.69. The minimum absolute atomic E-state index is 0.224. The molecule has 0 aliphatic rings. The molecule has 20 heavy (non-hydrogen) atoms. The van der Waals surface area contributed by atoms with Crippen LogP contribution in [0.15, 0.2) is 18.2 Å². The summed E-state index contributed by atoms with van der Waals surface area (Å²) in [5.41, 5.74) is 2.66. The number of rotatable bonds is 4. The lowest BCUT2D eigenvalue weighted by atomic mass is 9.99. The Morgan fingerprint density at radius 1 is 1.30 bits per heavy atom. The average Bonchev–Trinajstić information content (AvgIpc) is 2.30. The number of benzene rings is 1. The number of hydrogen-bond donors (Lipinski definition) is 1. The Morgan fingerprint density at radius 3 is 2.45 bits per heavy atom. The van der Waals surface area contributed by atoms with Crippen molar-refractivity contribution in [2.75, 3.05) is 0 Å². The van der Waals surface area contributed by atoms with E-state index >= 15 is 0 Å². The topological polar surface area (TPSA) is 55.4 Å². The molecule has 0 heterocycles. The number of amides is 1. The first-order chi connectivity index (χ1) is 9.23. The summed E-state index contributed by atoms with van der Waals surface area (Å²) < 4.78 is 5.22. The third kappa shape index (κ3) is 5.03. The number of carbonyl (C=O) groups is 2. The SMILES string of the molecule is Cc1ccc([C@H](CC=O)NC(=O)OC(C)(C)C)cc1C. The van der Waals surface area contributed by atoms with Crippen molar-refractivity contribution in [1.82, 2.24) is 5.32 Å². The molecule has 1 atom stereocenters. The summed E-state index contributed by atoms with van der Waals surface area (Å²) in [7, 11) is 0. The molecule has 0 radical (unpaired) electrons. The Morgan fingerprint density at radius 2 is 1.95 bits per heavy atom. The number of nitrogens with one attached hydrogen (secondary N) is 1. The molecule has 4 nitrogen and oxygen atoms in total. The Bertz CT molecular complexity index is 489. The maximum Gasteiger partial charge on any atom is 0.408 e. The smallest absolute Gasteiger partial charge is 0.408 e. The van der Waals surface area contributed by atoms with E-state index in [0.29, 0.717) is 0 Å². The van der Waals surface area contributed by atoms with E-state index in [1.807, 2.05) is 32.0 Å². The minimum Gasteiger partial charge on any atom is -0.444 e. The van der Waals surface area contributed by atoms with E-state index in [1.165, 1.54) is 5.56 Å². The summed E-state index contributed by atoms with van der Waals surface area (Å²) in [6.07, 6.45) is 0.515. The number of hydrogen-bond acceptors (Lipinski definition) is 3. The van der Waals surface area contributed by atoms with E-state index in [0.717, 1.165) is 17.4 Å². The van der Waals surface area contributed by atoms with E-state index in [9.17, 15) is 9.59 Å². The third-order valence-electron chi connectivity index (χ3n) is 2.96. The fourth-order valence-electron chi connectivity index (χ4n) is 1.81. The summed E-state index contributed by atoms with van der Waals surface area (Å²) in [4.78, 5) is 22.6. The van der Waals surface area contributed by atoms with Crippen molar-refractivity contribution < 1.29 is 14.3 Å². The van der Waals surface area contributed by atoms with Crippen LogP contribution in [-0.4, -0.2) is 18.0 Å². The molecule has 0 saturated carbocycles. The molecule has 1 N–H and O–H groups in total. The van der Waals surface area contributed by atoms with Crippen molar-refractivity contribution in [3.8, 4) is 0 Å². The van der Waals surface area contributed by atoms with E-state index < -0.39 is 11.7 Å². The van der Waals surface area contributed by atoms with Crippen LogP contribution < -0.4 is 5.32 Å². The molecule has 1 aromatic carbocycles. The van der Waals surface area contributed by atoms with Crippen LogP contribution in [0.25, 0.3) is 0 Å². The standard InChI is InChI=1S/C16H23NO3/c1-11-6-7-13(10-12(11)2)14(8-9-18)17-15(19)20-16(3,4)5/h6-7,9-10,14H,8H2,1-5H3,(H,17,19)/t14-/m0/s1. The number of carbonyl (C=O) groups excluding carboxylic acids is 2. The van der Waals surface area contributed by atoms with Crippen molar-refractivity contribution in [2.45, 2.75) is 52.7 Å². The summed E-state index contributed by atoms with van der Waals surface area (Å²) in [5.74, 6) is 0. The Labute approximate surface area is 120 Å². The fraction of sp³-hybridized carbons (Fsp3) is 0.500. The first-order valence-electron chi connectivity index (χ1n) is 6.73. The molecule has 0 bridgehead atoms. The highest BCUT2D eigenvalue weighted by atomic mass is 16.6. The van der Waals surface area contributed by atoms with Gasteiger partial charge in [0.15, 0.2) is 0 Å². The van der Waals surface area contributed by atoms with Crippen LogP contribution in [-0.2, 0) is 9.53 Å². The van der Waals surface area contributed by atoms with Gasteiger partial charge in [-0.1, -0.05) is 18.2 Å². The molecule has 4 heteroatoms. The first-order valence-corrected chi connectivity index (χ1v) is 6.73. The lowest BCUT2D eigenvalue weighted by Crippen LogP contribution is -2.35. The number of ether oxygens (including phenoxy) is 1. The Hall–Kier alpha value is -1.84. The predicted octanol–water partition coefficient (Wildman–Crippen LogP) is 3.46. The molecule has 110 valence electrons. The van der Waals surface area contributed by atoms with Crippen molar-refractivity contribution in [3.63, 3.8) is 0 Å². The van der Waals surface area contributed by atoms with Gasteiger partial charge < -0.3 is 14.8 Å². The predicted molar refractivity (Wildman–Crippen MR) is 78.7 cm³/mol. The Balaban J connectivity index is 2.85. The minimum atomic E-state index is -0.557. The van der Waals surface area contributed by atoms with Crippen LogP contribution in [0.3, 0.4) is 0 Å². The second-order valence-electron chi connectivity index (χ2n) is 5.94. The summed E-state index contributed by atoms with van der Waals surface area (Å²) in [6, 6.07) is 5.54. The average molecular weight is 277 g/mol. The van der Waals surface area contributed by atoms with Crippen molar-refractivity contribution >= 4 is 12.4 Å². The normalized spacial score (nSPS) is 12.7. The van der Waals surface area contributed by atoms with Crippen molar-refractivity contribution in [1.29, 1.82) is 0 Å². The zero-order valence-corrected chi connectivity index (χ0v) is 12.8. The molecule has 0 saturated heterocycles. The second-order valence-corrected chi connectivity index (χ2v) is 5.94. The number of aldehydes is 1. The molecule has 0 spiro atoms. The van der Waals surface area contributed by atoms with Gasteiger partial charge >= 0.3 is 6.09 Å². The van der Waals surface area contributed by atoms with Gasteiger partial charge in [0.05, 0.1) is 6.04 Å². The maximum atomic E-state index is 11.8. The summed E-state index contributed by atoms with van der Waals surface area (Å²) in [5, 5.41) is 2.75. The zero-order chi connectivity index (χ0) is 15.3. The third-order valence-corrected chi connectivity index (χ3v) is 2.96. The van der Waals surface area contributed by atoms with Crippen LogP contribution in [0.4, 0.5) is 4.79 Å². The fourth-order valence-corrected chi connectivity index (χ4v) is 1.81. The van der Waals surface area contributed by atoms with Gasteiger partial charge in [0.1, 0.15) is 11.9 Å². The molecular weight excluding hydrogens is 254 g/mol. The lowest BCUT2D eigenvalue weighted by molar-refractivity contribution is -0.108. The van der Waals surface area contributed by atoms with Gasteiger partial charge in [0, 0.05) is 6.42 Å². The zero-order valence-electron chi connectivity index (χ0n) is 12.8. The molecule has 0 aliphatic heterocycles. The van der Waals surface area contributed by atoms with E-state index in [4.69, 9.17) is 4.74 Å². The van der Waals surface area contributed by atoms with Gasteiger partial charge in [0.2, 0.25) is 0 Å². The van der Waals surface area contributed by atoms with Gasteiger partial charge in [-0.05, 0) is 51.3 Å². The summed E-state index contributed by atoms with van der Waals surface area (Å²) >= 11 is 0. The van der Waals surface area contributed by atoms with E-state index in [-0.39, 0.29) is 12.5 Å². The molecule has 0 unspecified atom stereocenters.